The van der Waals surface area contributed by atoms with Crippen LogP contribution in [0.5, 0.6) is 0 Å². The van der Waals surface area contributed by atoms with Crippen LogP contribution in [0, 0.1) is 17.8 Å². The highest BCUT2D eigenvalue weighted by atomic mass is 16.5. The Hall–Kier alpha value is -0.380. The SMILES string of the molecule is C[C@@H]1CN(C2CCN(C[C@@H]3C[C@H]4C=C[C@H]3C4)CC2)C[C@@H](C)O1. The largest absolute Gasteiger partial charge is 0.373 e. The standard InChI is InChI=1S/C19H32N2O/c1-14-11-21(12-15(2)22-14)19-5-7-20(8-6-19)13-18-10-16-3-4-17(18)9-16/h3-4,14-19H,5-13H2,1-2H3/t14-,15-,16+,17+,18+/m1/s1. The van der Waals surface area contributed by atoms with E-state index < -0.39 is 0 Å². The molecule has 0 aromatic rings. The maximum absolute atomic E-state index is 5.89. The second-order valence-electron chi connectivity index (χ2n) is 8.28. The summed E-state index contributed by atoms with van der Waals surface area (Å²) in [4.78, 5) is 5.46. The van der Waals surface area contributed by atoms with Crippen LogP contribution in [-0.4, -0.2) is 60.8 Å². The molecule has 3 fully saturated rings. The Morgan fingerprint density at radius 2 is 1.73 bits per heavy atom. The van der Waals surface area contributed by atoms with Gasteiger partial charge in [-0.15, -0.1) is 0 Å². The number of nitrogens with zero attached hydrogens (tertiary/aromatic N) is 2. The number of fused-ring (bicyclic) bond motifs is 2. The second-order valence-corrected chi connectivity index (χ2v) is 8.28. The fourth-order valence-corrected chi connectivity index (χ4v) is 5.42. The van der Waals surface area contributed by atoms with Crippen molar-refractivity contribution < 1.29 is 4.74 Å². The highest BCUT2D eigenvalue weighted by Crippen LogP contribution is 2.43. The quantitative estimate of drug-likeness (QED) is 0.746. The number of ether oxygens (including phenoxy) is 1. The first kappa shape index (κ1) is 15.2. The summed E-state index contributed by atoms with van der Waals surface area (Å²) in [5.41, 5.74) is 0. The van der Waals surface area contributed by atoms with Crippen LogP contribution in [0.1, 0.15) is 39.5 Å². The number of allylic oxidation sites excluding steroid dienone is 2. The molecular formula is C19H32N2O. The molecule has 0 aromatic carbocycles. The van der Waals surface area contributed by atoms with E-state index in [1.54, 1.807) is 0 Å². The van der Waals surface area contributed by atoms with E-state index >= 15 is 0 Å². The Balaban J connectivity index is 1.25. The highest BCUT2D eigenvalue weighted by molar-refractivity contribution is 5.10. The van der Waals surface area contributed by atoms with Crippen molar-refractivity contribution >= 4 is 0 Å². The lowest BCUT2D eigenvalue weighted by atomic mass is 9.92. The van der Waals surface area contributed by atoms with E-state index in [-0.39, 0.29) is 0 Å². The molecule has 0 aromatic heterocycles. The van der Waals surface area contributed by atoms with E-state index in [4.69, 9.17) is 4.74 Å². The molecule has 22 heavy (non-hydrogen) atoms. The van der Waals surface area contributed by atoms with Crippen molar-refractivity contribution in [3.8, 4) is 0 Å². The molecule has 0 N–H and O–H groups in total. The third-order valence-electron chi connectivity index (χ3n) is 6.43. The molecule has 0 amide bonds. The summed E-state index contributed by atoms with van der Waals surface area (Å²) in [5, 5.41) is 0. The number of morpholine rings is 1. The summed E-state index contributed by atoms with van der Waals surface area (Å²) in [6.07, 6.45) is 11.4. The first-order valence-corrected chi connectivity index (χ1v) is 9.47. The van der Waals surface area contributed by atoms with Crippen LogP contribution in [0.4, 0.5) is 0 Å². The van der Waals surface area contributed by atoms with Gasteiger partial charge in [-0.3, -0.25) is 4.90 Å². The minimum absolute atomic E-state index is 0.405. The predicted molar refractivity (Wildman–Crippen MR) is 89.9 cm³/mol. The van der Waals surface area contributed by atoms with E-state index in [0.29, 0.717) is 12.2 Å². The van der Waals surface area contributed by atoms with Gasteiger partial charge in [0.2, 0.25) is 0 Å². The zero-order chi connectivity index (χ0) is 15.1. The van der Waals surface area contributed by atoms with E-state index in [9.17, 15) is 0 Å². The summed E-state index contributed by atoms with van der Waals surface area (Å²) in [6, 6.07) is 0.796. The molecule has 4 rings (SSSR count). The number of likely N-dealkylation sites (tertiary alicyclic amines) is 1. The third-order valence-corrected chi connectivity index (χ3v) is 6.43. The first-order valence-electron chi connectivity index (χ1n) is 9.47. The molecule has 2 aliphatic heterocycles. The molecule has 0 radical (unpaired) electrons. The summed E-state index contributed by atoms with van der Waals surface area (Å²) < 4.78 is 5.89. The van der Waals surface area contributed by atoms with Crippen molar-refractivity contribution in [2.75, 3.05) is 32.7 Å². The van der Waals surface area contributed by atoms with Crippen LogP contribution in [0.2, 0.25) is 0 Å². The third kappa shape index (κ3) is 3.13. The Labute approximate surface area is 135 Å². The van der Waals surface area contributed by atoms with Gasteiger partial charge in [0, 0.05) is 25.7 Å². The molecule has 3 nitrogen and oxygen atoms in total. The number of hydrogen-bond acceptors (Lipinski definition) is 3. The predicted octanol–water partition coefficient (Wildman–Crippen LogP) is 2.77. The van der Waals surface area contributed by atoms with Crippen molar-refractivity contribution in [2.24, 2.45) is 17.8 Å². The molecule has 2 aliphatic carbocycles. The zero-order valence-electron chi connectivity index (χ0n) is 14.3. The van der Waals surface area contributed by atoms with Crippen LogP contribution in [-0.2, 0) is 4.74 Å². The topological polar surface area (TPSA) is 15.7 Å². The van der Waals surface area contributed by atoms with Crippen molar-refractivity contribution in [2.45, 2.75) is 57.8 Å². The Morgan fingerprint density at radius 1 is 1.00 bits per heavy atom. The number of piperidine rings is 1. The van der Waals surface area contributed by atoms with Gasteiger partial charge in [0.1, 0.15) is 0 Å². The van der Waals surface area contributed by atoms with Gasteiger partial charge in [-0.05, 0) is 70.4 Å². The average Bonchev–Trinajstić information content (AvgIpc) is 3.09. The van der Waals surface area contributed by atoms with Crippen molar-refractivity contribution in [3.05, 3.63) is 12.2 Å². The van der Waals surface area contributed by atoms with E-state index in [1.165, 1.54) is 45.3 Å². The van der Waals surface area contributed by atoms with Gasteiger partial charge in [0.05, 0.1) is 12.2 Å². The fourth-order valence-electron chi connectivity index (χ4n) is 5.42. The van der Waals surface area contributed by atoms with Crippen LogP contribution >= 0.6 is 0 Å². The van der Waals surface area contributed by atoms with Gasteiger partial charge in [-0.2, -0.15) is 0 Å². The molecule has 2 saturated heterocycles. The van der Waals surface area contributed by atoms with Gasteiger partial charge in [0.15, 0.2) is 0 Å². The Kier molecular flexibility index (Phi) is 4.31. The average molecular weight is 304 g/mol. The number of rotatable bonds is 3. The van der Waals surface area contributed by atoms with E-state index in [0.717, 1.165) is 36.9 Å². The monoisotopic (exact) mass is 304 g/mol. The first-order chi connectivity index (χ1) is 10.7. The molecular weight excluding hydrogens is 272 g/mol. The Bertz CT molecular complexity index is 406. The lowest BCUT2D eigenvalue weighted by molar-refractivity contribution is -0.0867. The summed E-state index contributed by atoms with van der Waals surface area (Å²) in [7, 11) is 0. The fraction of sp³-hybridized carbons (Fsp3) is 0.895. The van der Waals surface area contributed by atoms with Crippen molar-refractivity contribution in [1.82, 2.24) is 9.80 Å². The normalized spacial score (nSPS) is 44.0. The van der Waals surface area contributed by atoms with Crippen molar-refractivity contribution in [3.63, 3.8) is 0 Å². The minimum atomic E-state index is 0.405. The van der Waals surface area contributed by atoms with E-state index in [1.807, 2.05) is 0 Å². The van der Waals surface area contributed by atoms with Gasteiger partial charge >= 0.3 is 0 Å². The van der Waals surface area contributed by atoms with Gasteiger partial charge in [-0.25, -0.2) is 0 Å². The minimum Gasteiger partial charge on any atom is -0.373 e. The lowest BCUT2D eigenvalue weighted by Crippen LogP contribution is -2.53. The molecule has 5 atom stereocenters. The Morgan fingerprint density at radius 3 is 2.32 bits per heavy atom. The maximum atomic E-state index is 5.89. The zero-order valence-corrected chi connectivity index (χ0v) is 14.3. The molecule has 2 bridgehead atoms. The van der Waals surface area contributed by atoms with Crippen LogP contribution in [0.3, 0.4) is 0 Å². The van der Waals surface area contributed by atoms with Crippen LogP contribution in [0.15, 0.2) is 12.2 Å². The molecule has 0 unspecified atom stereocenters. The highest BCUT2D eigenvalue weighted by Gasteiger charge is 2.37. The lowest BCUT2D eigenvalue weighted by Gasteiger charge is -2.44. The summed E-state index contributed by atoms with van der Waals surface area (Å²) in [6.45, 7) is 10.7. The van der Waals surface area contributed by atoms with Crippen LogP contribution < -0.4 is 0 Å². The molecule has 124 valence electrons. The molecule has 0 spiro atoms. The summed E-state index contributed by atoms with van der Waals surface area (Å²) in [5.74, 6) is 2.78. The second kappa shape index (κ2) is 6.26. The smallest absolute Gasteiger partial charge is 0.0678 e. The molecule has 3 heteroatoms. The molecule has 4 aliphatic rings. The van der Waals surface area contributed by atoms with Gasteiger partial charge < -0.3 is 9.64 Å². The van der Waals surface area contributed by atoms with Crippen LogP contribution in [0.25, 0.3) is 0 Å². The van der Waals surface area contributed by atoms with Gasteiger partial charge in [-0.1, -0.05) is 12.2 Å². The number of hydrogen-bond donors (Lipinski definition) is 0. The maximum Gasteiger partial charge on any atom is 0.0678 e. The van der Waals surface area contributed by atoms with E-state index in [2.05, 4.69) is 35.8 Å². The molecule has 1 saturated carbocycles. The van der Waals surface area contributed by atoms with Gasteiger partial charge in [0.25, 0.3) is 0 Å². The molecule has 2 heterocycles. The van der Waals surface area contributed by atoms with Crippen molar-refractivity contribution in [1.29, 1.82) is 0 Å². The summed E-state index contributed by atoms with van der Waals surface area (Å²) >= 11 is 0.